The molecule has 22 heavy (non-hydrogen) atoms. The van der Waals surface area contributed by atoms with E-state index < -0.39 is 0 Å². The number of aryl methyl sites for hydroxylation is 1. The fraction of sp³-hybridized carbons (Fsp3) is 0.125. The Bertz CT molecular complexity index is 702. The molecule has 2 amide bonds. The summed E-state index contributed by atoms with van der Waals surface area (Å²) < 4.78 is 13.9. The first-order chi connectivity index (χ1) is 10.5. The van der Waals surface area contributed by atoms with Gasteiger partial charge in [-0.05, 0) is 55.0 Å². The zero-order valence-corrected chi connectivity index (χ0v) is 13.4. The number of benzene rings is 2. The van der Waals surface area contributed by atoms with Crippen LogP contribution in [0.4, 0.5) is 10.1 Å². The third kappa shape index (κ3) is 4.39. The molecule has 2 N–H and O–H groups in total. The Morgan fingerprint density at radius 1 is 1.14 bits per heavy atom. The Morgan fingerprint density at radius 3 is 2.45 bits per heavy atom. The molecule has 0 saturated heterocycles. The van der Waals surface area contributed by atoms with E-state index in [1.54, 1.807) is 31.2 Å². The van der Waals surface area contributed by atoms with Gasteiger partial charge in [-0.2, -0.15) is 0 Å². The first kappa shape index (κ1) is 16.2. The lowest BCUT2D eigenvalue weighted by Gasteiger charge is -2.09. The minimum absolute atomic E-state index is 0.161. The SMILES string of the molecule is Cc1cc(F)ccc1NC(=O)CNC(=O)c1ccc(Br)cc1. The van der Waals surface area contributed by atoms with E-state index in [4.69, 9.17) is 0 Å². The molecular weight excluding hydrogens is 351 g/mol. The molecule has 0 fully saturated rings. The van der Waals surface area contributed by atoms with Gasteiger partial charge >= 0.3 is 0 Å². The maximum absolute atomic E-state index is 13.0. The molecule has 0 heterocycles. The summed E-state index contributed by atoms with van der Waals surface area (Å²) in [5, 5.41) is 5.15. The molecule has 4 nitrogen and oxygen atoms in total. The van der Waals surface area contributed by atoms with Crippen molar-refractivity contribution in [1.82, 2.24) is 5.32 Å². The molecule has 2 aromatic rings. The van der Waals surface area contributed by atoms with E-state index >= 15 is 0 Å². The van der Waals surface area contributed by atoms with Crippen molar-refractivity contribution in [3.63, 3.8) is 0 Å². The number of amides is 2. The van der Waals surface area contributed by atoms with Gasteiger partial charge in [-0.1, -0.05) is 15.9 Å². The summed E-state index contributed by atoms with van der Waals surface area (Å²) in [6.45, 7) is 1.53. The predicted molar refractivity (Wildman–Crippen MR) is 86.2 cm³/mol. The highest BCUT2D eigenvalue weighted by Crippen LogP contribution is 2.15. The van der Waals surface area contributed by atoms with Crippen molar-refractivity contribution in [2.24, 2.45) is 0 Å². The van der Waals surface area contributed by atoms with Crippen LogP contribution in [0.25, 0.3) is 0 Å². The van der Waals surface area contributed by atoms with Gasteiger partial charge in [0.05, 0.1) is 6.54 Å². The number of nitrogens with one attached hydrogen (secondary N) is 2. The van der Waals surface area contributed by atoms with Crippen molar-refractivity contribution < 1.29 is 14.0 Å². The fourth-order valence-electron chi connectivity index (χ4n) is 1.83. The second-order valence-corrected chi connectivity index (χ2v) is 5.61. The van der Waals surface area contributed by atoms with E-state index in [0.717, 1.165) is 4.47 Å². The number of rotatable bonds is 4. The minimum Gasteiger partial charge on any atom is -0.343 e. The summed E-state index contributed by atoms with van der Waals surface area (Å²) in [7, 11) is 0. The second kappa shape index (κ2) is 7.17. The van der Waals surface area contributed by atoms with Gasteiger partial charge in [-0.15, -0.1) is 0 Å². The molecule has 0 radical (unpaired) electrons. The van der Waals surface area contributed by atoms with Gasteiger partial charge < -0.3 is 10.6 Å². The standard InChI is InChI=1S/C16H14BrFN2O2/c1-10-8-13(18)6-7-14(10)20-15(21)9-19-16(22)11-2-4-12(17)5-3-11/h2-8H,9H2,1H3,(H,19,22)(H,20,21). The number of hydrogen-bond donors (Lipinski definition) is 2. The summed E-state index contributed by atoms with van der Waals surface area (Å²) in [5.74, 6) is -1.07. The molecule has 114 valence electrons. The van der Waals surface area contributed by atoms with Crippen molar-refractivity contribution >= 4 is 33.4 Å². The van der Waals surface area contributed by atoms with Crippen molar-refractivity contribution in [3.8, 4) is 0 Å². The fourth-order valence-corrected chi connectivity index (χ4v) is 2.09. The van der Waals surface area contributed by atoms with Crippen LogP contribution in [0.3, 0.4) is 0 Å². The molecular formula is C16H14BrFN2O2. The molecule has 0 aliphatic rings. The number of carbonyl (C=O) groups excluding carboxylic acids is 2. The summed E-state index contributed by atoms with van der Waals surface area (Å²) in [5.41, 5.74) is 1.60. The quantitative estimate of drug-likeness (QED) is 0.874. The van der Waals surface area contributed by atoms with Crippen LogP contribution in [-0.2, 0) is 4.79 Å². The van der Waals surface area contributed by atoms with Crippen LogP contribution < -0.4 is 10.6 Å². The lowest BCUT2D eigenvalue weighted by Crippen LogP contribution is -2.32. The number of carbonyl (C=O) groups is 2. The maximum Gasteiger partial charge on any atom is 0.251 e. The summed E-state index contributed by atoms with van der Waals surface area (Å²) in [6.07, 6.45) is 0. The van der Waals surface area contributed by atoms with Crippen molar-refractivity contribution in [2.45, 2.75) is 6.92 Å². The van der Waals surface area contributed by atoms with Crippen LogP contribution in [0, 0.1) is 12.7 Å². The number of hydrogen-bond acceptors (Lipinski definition) is 2. The molecule has 2 rings (SSSR count). The summed E-state index contributed by atoms with van der Waals surface area (Å²) in [6, 6.07) is 10.9. The van der Waals surface area contributed by atoms with Crippen LogP contribution >= 0.6 is 15.9 Å². The largest absolute Gasteiger partial charge is 0.343 e. The van der Waals surface area contributed by atoms with E-state index in [1.165, 1.54) is 18.2 Å². The van der Waals surface area contributed by atoms with Crippen molar-refractivity contribution in [1.29, 1.82) is 0 Å². The average Bonchev–Trinajstić information content (AvgIpc) is 2.48. The molecule has 0 spiro atoms. The first-order valence-corrected chi connectivity index (χ1v) is 7.35. The maximum atomic E-state index is 13.0. The van der Waals surface area contributed by atoms with Gasteiger partial charge in [0.15, 0.2) is 0 Å². The Hall–Kier alpha value is -2.21. The predicted octanol–water partition coefficient (Wildman–Crippen LogP) is 3.27. The molecule has 2 aromatic carbocycles. The van der Waals surface area contributed by atoms with Gasteiger partial charge in [0.25, 0.3) is 5.91 Å². The average molecular weight is 365 g/mol. The monoisotopic (exact) mass is 364 g/mol. The van der Waals surface area contributed by atoms with E-state index in [-0.39, 0.29) is 24.2 Å². The van der Waals surface area contributed by atoms with Crippen LogP contribution in [0.15, 0.2) is 46.9 Å². The number of anilines is 1. The summed E-state index contributed by atoms with van der Waals surface area (Å²) in [4.78, 5) is 23.7. The smallest absolute Gasteiger partial charge is 0.251 e. The molecule has 6 heteroatoms. The van der Waals surface area contributed by atoms with E-state index in [2.05, 4.69) is 26.6 Å². The van der Waals surface area contributed by atoms with Gasteiger partial charge in [0.2, 0.25) is 5.91 Å². The van der Waals surface area contributed by atoms with Crippen molar-refractivity contribution in [2.75, 3.05) is 11.9 Å². The lowest BCUT2D eigenvalue weighted by atomic mass is 10.2. The topological polar surface area (TPSA) is 58.2 Å². The van der Waals surface area contributed by atoms with Crippen molar-refractivity contribution in [3.05, 3.63) is 63.9 Å². The molecule has 0 aliphatic carbocycles. The van der Waals surface area contributed by atoms with Crippen LogP contribution in [0.5, 0.6) is 0 Å². The molecule has 0 bridgehead atoms. The molecule has 0 atom stereocenters. The lowest BCUT2D eigenvalue weighted by molar-refractivity contribution is -0.115. The van der Waals surface area contributed by atoms with E-state index in [9.17, 15) is 14.0 Å². The van der Waals surface area contributed by atoms with Crippen LogP contribution in [0.2, 0.25) is 0 Å². The van der Waals surface area contributed by atoms with E-state index in [1.807, 2.05) is 0 Å². The Balaban J connectivity index is 1.89. The molecule has 0 aliphatic heterocycles. The Kier molecular flexibility index (Phi) is 5.27. The van der Waals surface area contributed by atoms with Crippen LogP contribution in [-0.4, -0.2) is 18.4 Å². The highest BCUT2D eigenvalue weighted by molar-refractivity contribution is 9.10. The van der Waals surface area contributed by atoms with Crippen LogP contribution in [0.1, 0.15) is 15.9 Å². The summed E-state index contributed by atoms with van der Waals surface area (Å²) >= 11 is 3.28. The van der Waals surface area contributed by atoms with E-state index in [0.29, 0.717) is 16.8 Å². The zero-order chi connectivity index (χ0) is 16.1. The van der Waals surface area contributed by atoms with Gasteiger partial charge in [0, 0.05) is 15.7 Å². The first-order valence-electron chi connectivity index (χ1n) is 6.55. The second-order valence-electron chi connectivity index (χ2n) is 4.70. The molecule has 0 unspecified atom stereocenters. The van der Waals surface area contributed by atoms with Gasteiger partial charge in [-0.25, -0.2) is 4.39 Å². The van der Waals surface area contributed by atoms with Gasteiger partial charge in [0.1, 0.15) is 5.82 Å². The molecule has 0 saturated carbocycles. The number of halogens is 2. The highest BCUT2D eigenvalue weighted by Gasteiger charge is 2.09. The third-order valence-corrected chi connectivity index (χ3v) is 3.51. The highest BCUT2D eigenvalue weighted by atomic mass is 79.9. The zero-order valence-electron chi connectivity index (χ0n) is 11.8. The van der Waals surface area contributed by atoms with Gasteiger partial charge in [-0.3, -0.25) is 9.59 Å². The molecule has 0 aromatic heterocycles. The minimum atomic E-state index is -0.375. The third-order valence-electron chi connectivity index (χ3n) is 2.98. The Labute approximate surface area is 135 Å². The normalized spacial score (nSPS) is 10.1. The Morgan fingerprint density at radius 2 is 1.82 bits per heavy atom.